The molecule has 0 fully saturated rings. The lowest BCUT2D eigenvalue weighted by Gasteiger charge is -2.43. The molecule has 0 spiro atoms. The molecule has 0 saturated carbocycles. The number of Topliss-reactive ketones (excluding diaryl/α,β-unsaturated/α-hetero) is 1. The molecule has 1 aliphatic heterocycles. The molecule has 25 heavy (non-hydrogen) atoms. The standard InChI is InChI=1S/C20H20N4O/c1-19(2)8-15-17(16(25)9-19)20(3,14-11-22-24-18(14)23-15)13-6-4-5-12(7-13)10-21/h4-7,11H,8-9H2,1-3H3,(H2,22,23,24)/t20-/m1/s1. The van der Waals surface area contributed by atoms with E-state index in [0.29, 0.717) is 12.0 Å². The maximum atomic E-state index is 13.1. The number of carbonyl (C=O) groups is 1. The molecule has 5 nitrogen and oxygen atoms in total. The van der Waals surface area contributed by atoms with Crippen LogP contribution >= 0.6 is 0 Å². The van der Waals surface area contributed by atoms with Gasteiger partial charge in [-0.1, -0.05) is 26.0 Å². The highest BCUT2D eigenvalue weighted by molar-refractivity contribution is 6.02. The minimum Gasteiger partial charge on any atom is -0.342 e. The molecular formula is C20H20N4O. The van der Waals surface area contributed by atoms with Gasteiger partial charge in [0.25, 0.3) is 0 Å². The van der Waals surface area contributed by atoms with Crippen molar-refractivity contribution < 1.29 is 4.79 Å². The molecule has 2 aliphatic rings. The Bertz CT molecular complexity index is 960. The van der Waals surface area contributed by atoms with Crippen LogP contribution in [0.3, 0.4) is 0 Å². The number of carbonyl (C=O) groups excluding carboxylic acids is 1. The zero-order chi connectivity index (χ0) is 17.8. The first-order chi connectivity index (χ1) is 11.8. The lowest BCUT2D eigenvalue weighted by molar-refractivity contribution is -0.118. The summed E-state index contributed by atoms with van der Waals surface area (Å²) in [4.78, 5) is 13.1. The Labute approximate surface area is 146 Å². The number of anilines is 1. The molecule has 1 atom stereocenters. The van der Waals surface area contributed by atoms with Crippen molar-refractivity contribution in [3.8, 4) is 6.07 Å². The van der Waals surface area contributed by atoms with Crippen molar-refractivity contribution in [1.82, 2.24) is 10.2 Å². The highest BCUT2D eigenvalue weighted by Crippen LogP contribution is 2.51. The Balaban J connectivity index is 2.00. The van der Waals surface area contributed by atoms with Crippen molar-refractivity contribution in [3.05, 3.63) is 58.4 Å². The summed E-state index contributed by atoms with van der Waals surface area (Å²) >= 11 is 0. The predicted octanol–water partition coefficient (Wildman–Crippen LogP) is 3.66. The average Bonchev–Trinajstić information content (AvgIpc) is 3.02. The number of ketones is 1. The molecule has 2 N–H and O–H groups in total. The van der Waals surface area contributed by atoms with Crippen LogP contribution in [-0.2, 0) is 10.2 Å². The number of hydrogen-bond acceptors (Lipinski definition) is 4. The van der Waals surface area contributed by atoms with Crippen LogP contribution in [0.25, 0.3) is 0 Å². The third kappa shape index (κ3) is 2.21. The van der Waals surface area contributed by atoms with Gasteiger partial charge in [-0.2, -0.15) is 10.4 Å². The summed E-state index contributed by atoms with van der Waals surface area (Å²) < 4.78 is 0. The van der Waals surface area contributed by atoms with Gasteiger partial charge in [0, 0.05) is 29.5 Å². The molecule has 5 heteroatoms. The number of nitrogens with one attached hydrogen (secondary N) is 2. The molecule has 0 saturated heterocycles. The van der Waals surface area contributed by atoms with Crippen LogP contribution in [0.15, 0.2) is 41.7 Å². The predicted molar refractivity (Wildman–Crippen MR) is 94.9 cm³/mol. The molecule has 0 bridgehead atoms. The second-order valence-corrected chi connectivity index (χ2v) is 7.88. The minimum absolute atomic E-state index is 0.0772. The second-order valence-electron chi connectivity index (χ2n) is 7.88. The largest absolute Gasteiger partial charge is 0.342 e. The van der Waals surface area contributed by atoms with Crippen molar-refractivity contribution in [2.24, 2.45) is 5.41 Å². The van der Waals surface area contributed by atoms with Gasteiger partial charge in [0.1, 0.15) is 0 Å². The fourth-order valence-corrected chi connectivity index (χ4v) is 4.25. The molecule has 2 aromatic rings. The Morgan fingerprint density at radius 3 is 2.80 bits per heavy atom. The van der Waals surface area contributed by atoms with Gasteiger partial charge in [-0.3, -0.25) is 9.89 Å². The van der Waals surface area contributed by atoms with Gasteiger partial charge in [0.05, 0.1) is 17.0 Å². The fourth-order valence-electron chi connectivity index (χ4n) is 4.25. The van der Waals surface area contributed by atoms with Crippen LogP contribution in [0.1, 0.15) is 50.3 Å². The first-order valence-electron chi connectivity index (χ1n) is 8.44. The molecule has 1 aromatic carbocycles. The van der Waals surface area contributed by atoms with Crippen molar-refractivity contribution in [3.63, 3.8) is 0 Å². The van der Waals surface area contributed by atoms with E-state index in [1.54, 1.807) is 6.07 Å². The molecule has 1 aliphatic carbocycles. The molecular weight excluding hydrogens is 312 g/mol. The van der Waals surface area contributed by atoms with E-state index in [-0.39, 0.29) is 11.2 Å². The van der Waals surface area contributed by atoms with E-state index in [9.17, 15) is 10.1 Å². The number of hydrogen-bond donors (Lipinski definition) is 2. The number of fused-ring (bicyclic) bond motifs is 1. The van der Waals surface area contributed by atoms with E-state index in [4.69, 9.17) is 0 Å². The van der Waals surface area contributed by atoms with Crippen LogP contribution in [0, 0.1) is 16.7 Å². The fraction of sp³-hybridized carbons (Fsp3) is 0.350. The van der Waals surface area contributed by atoms with Crippen LogP contribution in [-0.4, -0.2) is 16.0 Å². The first-order valence-corrected chi connectivity index (χ1v) is 8.44. The van der Waals surface area contributed by atoms with Gasteiger partial charge in [0.2, 0.25) is 0 Å². The van der Waals surface area contributed by atoms with E-state index >= 15 is 0 Å². The SMILES string of the molecule is CC1(C)CC(=O)C2=C(C1)Nc1n[nH]cc1[C@@]2(C)c1cccc(C#N)c1. The summed E-state index contributed by atoms with van der Waals surface area (Å²) in [5.74, 6) is 0.921. The Morgan fingerprint density at radius 2 is 2.04 bits per heavy atom. The summed E-state index contributed by atoms with van der Waals surface area (Å²) in [6.07, 6.45) is 3.17. The van der Waals surface area contributed by atoms with Gasteiger partial charge in [0.15, 0.2) is 11.6 Å². The van der Waals surface area contributed by atoms with Gasteiger partial charge in [-0.05, 0) is 36.5 Å². The summed E-state index contributed by atoms with van der Waals surface area (Å²) in [5, 5.41) is 19.9. The van der Waals surface area contributed by atoms with Gasteiger partial charge >= 0.3 is 0 Å². The Kier molecular flexibility index (Phi) is 3.17. The third-order valence-corrected chi connectivity index (χ3v) is 5.39. The van der Waals surface area contributed by atoms with E-state index in [1.165, 1.54) is 0 Å². The summed E-state index contributed by atoms with van der Waals surface area (Å²) in [7, 11) is 0. The van der Waals surface area contributed by atoms with E-state index in [0.717, 1.165) is 34.6 Å². The Hall–Kier alpha value is -2.87. The van der Waals surface area contributed by atoms with Gasteiger partial charge < -0.3 is 5.32 Å². The van der Waals surface area contributed by atoms with Crippen LogP contribution in [0.5, 0.6) is 0 Å². The monoisotopic (exact) mass is 332 g/mol. The van der Waals surface area contributed by atoms with Crippen LogP contribution in [0.4, 0.5) is 5.82 Å². The van der Waals surface area contributed by atoms with Crippen molar-refractivity contribution in [2.45, 2.75) is 39.0 Å². The van der Waals surface area contributed by atoms with E-state index in [1.807, 2.05) is 24.4 Å². The lowest BCUT2D eigenvalue weighted by Crippen LogP contribution is -2.41. The molecule has 0 amide bonds. The van der Waals surface area contributed by atoms with Crippen molar-refractivity contribution in [1.29, 1.82) is 5.26 Å². The molecule has 2 heterocycles. The summed E-state index contributed by atoms with van der Waals surface area (Å²) in [6, 6.07) is 9.72. The first kappa shape index (κ1) is 15.6. The van der Waals surface area contributed by atoms with Crippen molar-refractivity contribution in [2.75, 3.05) is 5.32 Å². The van der Waals surface area contributed by atoms with Gasteiger partial charge in [-0.15, -0.1) is 0 Å². The zero-order valence-electron chi connectivity index (χ0n) is 14.6. The number of rotatable bonds is 1. The number of benzene rings is 1. The van der Waals surface area contributed by atoms with E-state index in [2.05, 4.69) is 42.4 Å². The van der Waals surface area contributed by atoms with Crippen molar-refractivity contribution >= 4 is 11.6 Å². The molecule has 4 rings (SSSR count). The normalized spacial score (nSPS) is 24.2. The quantitative estimate of drug-likeness (QED) is 0.835. The maximum absolute atomic E-state index is 13.1. The van der Waals surface area contributed by atoms with Gasteiger partial charge in [-0.25, -0.2) is 0 Å². The van der Waals surface area contributed by atoms with E-state index < -0.39 is 5.41 Å². The minimum atomic E-state index is -0.622. The molecule has 0 unspecified atom stereocenters. The van der Waals surface area contributed by atoms with Crippen LogP contribution < -0.4 is 5.32 Å². The molecule has 126 valence electrons. The average molecular weight is 332 g/mol. The highest BCUT2D eigenvalue weighted by Gasteiger charge is 2.48. The smallest absolute Gasteiger partial charge is 0.162 e. The summed E-state index contributed by atoms with van der Waals surface area (Å²) in [6.45, 7) is 6.29. The number of allylic oxidation sites excluding steroid dienone is 2. The number of aromatic amines is 1. The molecule has 0 radical (unpaired) electrons. The topological polar surface area (TPSA) is 81.6 Å². The Morgan fingerprint density at radius 1 is 1.24 bits per heavy atom. The second kappa shape index (κ2) is 5.06. The highest BCUT2D eigenvalue weighted by atomic mass is 16.1. The lowest BCUT2D eigenvalue weighted by atomic mass is 9.62. The zero-order valence-corrected chi connectivity index (χ0v) is 14.6. The molecule has 1 aromatic heterocycles. The third-order valence-electron chi connectivity index (χ3n) is 5.39. The maximum Gasteiger partial charge on any atom is 0.162 e. The summed E-state index contributed by atoms with van der Waals surface area (Å²) in [5.41, 5.74) is 3.52. The number of nitriles is 1. The van der Waals surface area contributed by atoms with Crippen LogP contribution in [0.2, 0.25) is 0 Å². The number of H-pyrrole nitrogens is 1. The number of aromatic nitrogens is 2. The number of nitrogens with zero attached hydrogens (tertiary/aromatic N) is 2.